The van der Waals surface area contributed by atoms with Crippen LogP contribution in [0.3, 0.4) is 0 Å². The van der Waals surface area contributed by atoms with Crippen LogP contribution in [0.2, 0.25) is 0 Å². The molecular weight excluding hydrogens is 324 g/mol. The van der Waals surface area contributed by atoms with Crippen molar-refractivity contribution in [2.45, 2.75) is 38.6 Å². The molecule has 1 fully saturated rings. The summed E-state index contributed by atoms with van der Waals surface area (Å²) in [7, 11) is 0. The highest BCUT2D eigenvalue weighted by molar-refractivity contribution is 5.94. The zero-order chi connectivity index (χ0) is 18.4. The van der Waals surface area contributed by atoms with Crippen LogP contribution in [-0.4, -0.2) is 29.8 Å². The fraction of sp³-hybridized carbons (Fsp3) is 0.364. The van der Waals surface area contributed by atoms with E-state index in [1.165, 1.54) is 5.56 Å². The quantitative estimate of drug-likeness (QED) is 0.827. The molecule has 1 saturated heterocycles. The minimum Gasteiger partial charge on any atom is -0.351 e. The van der Waals surface area contributed by atoms with Crippen molar-refractivity contribution in [2.24, 2.45) is 0 Å². The molecule has 0 aliphatic carbocycles. The lowest BCUT2D eigenvalue weighted by Gasteiger charge is -2.17. The SMILES string of the molecule is CC[C@@H](CNC(=O)c1ccc(CN2CCCC2=O)cc1)c1ccccc1. The minimum atomic E-state index is -0.0526. The van der Waals surface area contributed by atoms with Crippen molar-refractivity contribution in [1.82, 2.24) is 10.2 Å². The Morgan fingerprint density at radius 1 is 1.12 bits per heavy atom. The van der Waals surface area contributed by atoms with Crippen molar-refractivity contribution in [1.29, 1.82) is 0 Å². The minimum absolute atomic E-state index is 0.0526. The van der Waals surface area contributed by atoms with Gasteiger partial charge in [0.2, 0.25) is 5.91 Å². The number of carbonyl (C=O) groups excluding carboxylic acids is 2. The fourth-order valence-corrected chi connectivity index (χ4v) is 3.39. The zero-order valence-corrected chi connectivity index (χ0v) is 15.3. The first-order valence-corrected chi connectivity index (χ1v) is 9.37. The van der Waals surface area contributed by atoms with Crippen LogP contribution < -0.4 is 5.32 Å². The molecule has 1 heterocycles. The van der Waals surface area contributed by atoms with Gasteiger partial charge >= 0.3 is 0 Å². The molecule has 136 valence electrons. The summed E-state index contributed by atoms with van der Waals surface area (Å²) < 4.78 is 0. The van der Waals surface area contributed by atoms with E-state index in [1.54, 1.807) is 0 Å². The number of hydrogen-bond donors (Lipinski definition) is 1. The molecule has 1 aliphatic heterocycles. The number of nitrogens with zero attached hydrogens (tertiary/aromatic N) is 1. The third-order valence-electron chi connectivity index (χ3n) is 5.03. The first kappa shape index (κ1) is 18.2. The third kappa shape index (κ3) is 4.51. The molecule has 2 aromatic carbocycles. The summed E-state index contributed by atoms with van der Waals surface area (Å²) in [6, 6.07) is 17.8. The van der Waals surface area contributed by atoms with E-state index in [-0.39, 0.29) is 11.8 Å². The number of benzene rings is 2. The van der Waals surface area contributed by atoms with Gasteiger partial charge in [-0.1, -0.05) is 49.4 Å². The van der Waals surface area contributed by atoms with E-state index in [4.69, 9.17) is 0 Å². The topological polar surface area (TPSA) is 49.4 Å². The first-order valence-electron chi connectivity index (χ1n) is 9.37. The largest absolute Gasteiger partial charge is 0.351 e. The molecule has 0 radical (unpaired) electrons. The monoisotopic (exact) mass is 350 g/mol. The lowest BCUT2D eigenvalue weighted by atomic mass is 9.96. The van der Waals surface area contributed by atoms with E-state index in [0.29, 0.717) is 31.0 Å². The molecule has 1 atom stereocenters. The average molecular weight is 350 g/mol. The molecule has 26 heavy (non-hydrogen) atoms. The smallest absolute Gasteiger partial charge is 0.251 e. The average Bonchev–Trinajstić information content (AvgIpc) is 3.08. The molecule has 0 spiro atoms. The summed E-state index contributed by atoms with van der Waals surface area (Å²) >= 11 is 0. The highest BCUT2D eigenvalue weighted by atomic mass is 16.2. The van der Waals surface area contributed by atoms with E-state index in [2.05, 4.69) is 24.4 Å². The molecule has 1 aliphatic rings. The molecule has 0 aromatic heterocycles. The Hall–Kier alpha value is -2.62. The van der Waals surface area contributed by atoms with Crippen LogP contribution in [0.5, 0.6) is 0 Å². The van der Waals surface area contributed by atoms with E-state index in [0.717, 1.165) is 24.9 Å². The van der Waals surface area contributed by atoms with Crippen LogP contribution in [0, 0.1) is 0 Å². The number of amides is 2. The van der Waals surface area contributed by atoms with E-state index >= 15 is 0 Å². The molecule has 2 amide bonds. The Balaban J connectivity index is 1.55. The Morgan fingerprint density at radius 3 is 2.46 bits per heavy atom. The zero-order valence-electron chi connectivity index (χ0n) is 15.3. The Labute approximate surface area is 155 Å². The van der Waals surface area contributed by atoms with Crippen LogP contribution >= 0.6 is 0 Å². The molecule has 1 N–H and O–H groups in total. The molecule has 0 unspecified atom stereocenters. The van der Waals surface area contributed by atoms with Crippen LogP contribution in [-0.2, 0) is 11.3 Å². The highest BCUT2D eigenvalue weighted by Crippen LogP contribution is 2.18. The van der Waals surface area contributed by atoms with Crippen molar-refractivity contribution < 1.29 is 9.59 Å². The predicted octanol–water partition coefficient (Wildman–Crippen LogP) is 3.73. The molecule has 3 rings (SSSR count). The van der Waals surface area contributed by atoms with Crippen LogP contribution in [0.4, 0.5) is 0 Å². The number of rotatable bonds is 7. The van der Waals surface area contributed by atoms with Crippen molar-refractivity contribution >= 4 is 11.8 Å². The maximum Gasteiger partial charge on any atom is 0.251 e. The van der Waals surface area contributed by atoms with Gasteiger partial charge in [0.15, 0.2) is 0 Å². The van der Waals surface area contributed by atoms with Gasteiger partial charge < -0.3 is 10.2 Å². The molecular formula is C22H26N2O2. The molecule has 0 bridgehead atoms. The van der Waals surface area contributed by atoms with Gasteiger partial charge in [0.1, 0.15) is 0 Å². The summed E-state index contributed by atoms with van der Waals surface area (Å²) in [4.78, 5) is 26.0. The van der Waals surface area contributed by atoms with Gasteiger partial charge in [-0.15, -0.1) is 0 Å². The van der Waals surface area contributed by atoms with Crippen molar-refractivity contribution in [3.05, 3.63) is 71.3 Å². The molecule has 4 heteroatoms. The Morgan fingerprint density at radius 2 is 1.85 bits per heavy atom. The molecule has 4 nitrogen and oxygen atoms in total. The third-order valence-corrected chi connectivity index (χ3v) is 5.03. The Kier molecular flexibility index (Phi) is 6.05. The lowest BCUT2D eigenvalue weighted by molar-refractivity contribution is -0.128. The van der Waals surface area contributed by atoms with Crippen LogP contribution in [0.1, 0.15) is 53.6 Å². The summed E-state index contributed by atoms with van der Waals surface area (Å²) in [6.45, 7) is 4.23. The van der Waals surface area contributed by atoms with E-state index in [1.807, 2.05) is 47.4 Å². The fourth-order valence-electron chi connectivity index (χ4n) is 3.39. The Bertz CT molecular complexity index is 740. The van der Waals surface area contributed by atoms with Gasteiger partial charge in [0, 0.05) is 37.5 Å². The van der Waals surface area contributed by atoms with Gasteiger partial charge in [-0.3, -0.25) is 9.59 Å². The maximum absolute atomic E-state index is 12.4. The van der Waals surface area contributed by atoms with E-state index in [9.17, 15) is 9.59 Å². The van der Waals surface area contributed by atoms with Gasteiger partial charge in [-0.05, 0) is 36.1 Å². The van der Waals surface area contributed by atoms with Gasteiger partial charge in [-0.25, -0.2) is 0 Å². The molecule has 2 aromatic rings. The second kappa shape index (κ2) is 8.65. The number of likely N-dealkylation sites (tertiary alicyclic amines) is 1. The summed E-state index contributed by atoms with van der Waals surface area (Å²) in [6.07, 6.45) is 2.58. The van der Waals surface area contributed by atoms with Crippen molar-refractivity contribution in [3.8, 4) is 0 Å². The first-order chi connectivity index (χ1) is 12.7. The van der Waals surface area contributed by atoms with Gasteiger partial charge in [0.05, 0.1) is 0 Å². The second-order valence-electron chi connectivity index (χ2n) is 6.84. The summed E-state index contributed by atoms with van der Waals surface area (Å²) in [5.41, 5.74) is 2.97. The van der Waals surface area contributed by atoms with Crippen molar-refractivity contribution in [2.75, 3.05) is 13.1 Å². The van der Waals surface area contributed by atoms with Gasteiger partial charge in [0.25, 0.3) is 5.91 Å². The number of hydrogen-bond acceptors (Lipinski definition) is 2. The number of carbonyl (C=O) groups is 2. The van der Waals surface area contributed by atoms with Crippen LogP contribution in [0.15, 0.2) is 54.6 Å². The van der Waals surface area contributed by atoms with E-state index < -0.39 is 0 Å². The predicted molar refractivity (Wildman–Crippen MR) is 103 cm³/mol. The number of nitrogens with one attached hydrogen (secondary N) is 1. The van der Waals surface area contributed by atoms with Crippen molar-refractivity contribution in [3.63, 3.8) is 0 Å². The second-order valence-corrected chi connectivity index (χ2v) is 6.84. The van der Waals surface area contributed by atoms with Crippen LogP contribution in [0.25, 0.3) is 0 Å². The standard InChI is InChI=1S/C22H26N2O2/c1-2-18(19-7-4-3-5-8-19)15-23-22(26)20-12-10-17(11-13-20)16-24-14-6-9-21(24)25/h3-5,7-8,10-13,18H,2,6,9,14-16H2,1H3,(H,23,26)/t18-/m0/s1. The normalized spacial score (nSPS) is 15.1. The summed E-state index contributed by atoms with van der Waals surface area (Å²) in [5, 5.41) is 3.04. The highest BCUT2D eigenvalue weighted by Gasteiger charge is 2.20. The molecule has 0 saturated carbocycles. The van der Waals surface area contributed by atoms with Gasteiger partial charge in [-0.2, -0.15) is 0 Å². The summed E-state index contributed by atoms with van der Waals surface area (Å²) in [5.74, 6) is 0.488. The maximum atomic E-state index is 12.4. The lowest BCUT2D eigenvalue weighted by Crippen LogP contribution is -2.28.